The molecule has 0 spiro atoms. The Morgan fingerprint density at radius 1 is 1.30 bits per heavy atom. The normalized spacial score (nSPS) is 11.1. The molecule has 0 saturated heterocycles. The Labute approximate surface area is 121 Å². The molecule has 2 aromatic rings. The van der Waals surface area contributed by atoms with Crippen molar-refractivity contribution in [2.75, 3.05) is 10.6 Å². The standard InChI is InChI=1S/C11H12N4O3S2/c1-7-6-10(15-18-7)14-11(19)13-8-2-4-9(5-3-8)20(12,16)17/h2-6H,1H3,(H2,12,16,17)(H2,13,14,15,19). The van der Waals surface area contributed by atoms with Gasteiger partial charge in [-0.1, -0.05) is 5.16 Å². The van der Waals surface area contributed by atoms with Gasteiger partial charge < -0.3 is 15.2 Å². The van der Waals surface area contributed by atoms with Crippen LogP contribution in [0.5, 0.6) is 0 Å². The fourth-order valence-electron chi connectivity index (χ4n) is 1.43. The molecule has 0 aliphatic carbocycles. The van der Waals surface area contributed by atoms with E-state index in [4.69, 9.17) is 21.9 Å². The fraction of sp³-hybridized carbons (Fsp3) is 0.0909. The molecule has 0 saturated carbocycles. The van der Waals surface area contributed by atoms with E-state index in [0.29, 0.717) is 22.4 Å². The first-order valence-corrected chi connectivity index (χ1v) is 7.44. The Hall–Kier alpha value is -1.97. The third-order valence-electron chi connectivity index (χ3n) is 2.31. The topological polar surface area (TPSA) is 110 Å². The van der Waals surface area contributed by atoms with Crippen LogP contribution in [-0.2, 0) is 10.0 Å². The summed E-state index contributed by atoms with van der Waals surface area (Å²) in [5.74, 6) is 1.15. The molecular weight excluding hydrogens is 300 g/mol. The minimum atomic E-state index is -3.69. The van der Waals surface area contributed by atoms with Crippen molar-refractivity contribution in [3.05, 3.63) is 36.1 Å². The van der Waals surface area contributed by atoms with Crippen molar-refractivity contribution < 1.29 is 12.9 Å². The van der Waals surface area contributed by atoms with E-state index in [9.17, 15) is 8.42 Å². The minimum absolute atomic E-state index is 0.0362. The second-order valence-electron chi connectivity index (χ2n) is 3.97. The van der Waals surface area contributed by atoms with Gasteiger partial charge in [0.2, 0.25) is 10.0 Å². The molecular formula is C11H12N4O3S2. The third-order valence-corrected chi connectivity index (χ3v) is 3.44. The zero-order valence-electron chi connectivity index (χ0n) is 10.5. The first kappa shape index (κ1) is 14.4. The van der Waals surface area contributed by atoms with Gasteiger partial charge in [0.05, 0.1) is 4.90 Å². The van der Waals surface area contributed by atoms with Crippen LogP contribution in [0.25, 0.3) is 0 Å². The number of nitrogens with two attached hydrogens (primary N) is 1. The van der Waals surface area contributed by atoms with Gasteiger partial charge in [-0.3, -0.25) is 0 Å². The molecule has 1 aromatic heterocycles. The predicted octanol–water partition coefficient (Wildman–Crippen LogP) is 1.44. The van der Waals surface area contributed by atoms with Gasteiger partial charge in [0.25, 0.3) is 0 Å². The van der Waals surface area contributed by atoms with E-state index in [0.717, 1.165) is 0 Å². The molecule has 0 unspecified atom stereocenters. The molecule has 1 aromatic carbocycles. The molecule has 0 aliphatic heterocycles. The number of sulfonamides is 1. The Morgan fingerprint density at radius 3 is 2.45 bits per heavy atom. The van der Waals surface area contributed by atoms with Crippen molar-refractivity contribution in [1.82, 2.24) is 5.16 Å². The molecule has 0 amide bonds. The number of aryl methyl sites for hydroxylation is 1. The van der Waals surface area contributed by atoms with Crippen LogP contribution in [0.15, 0.2) is 39.8 Å². The van der Waals surface area contributed by atoms with E-state index < -0.39 is 10.0 Å². The van der Waals surface area contributed by atoms with E-state index in [1.165, 1.54) is 12.1 Å². The molecule has 106 valence electrons. The first-order chi connectivity index (χ1) is 9.34. The maximum atomic E-state index is 11.1. The summed E-state index contributed by atoms with van der Waals surface area (Å²) in [6, 6.07) is 7.59. The van der Waals surface area contributed by atoms with Gasteiger partial charge in [-0.15, -0.1) is 0 Å². The number of nitrogens with zero attached hydrogens (tertiary/aromatic N) is 1. The number of rotatable bonds is 3. The predicted molar refractivity (Wildman–Crippen MR) is 78.9 cm³/mol. The maximum absolute atomic E-state index is 11.1. The number of primary sulfonamides is 1. The second-order valence-corrected chi connectivity index (χ2v) is 5.94. The number of hydrogen-bond acceptors (Lipinski definition) is 5. The highest BCUT2D eigenvalue weighted by atomic mass is 32.2. The van der Waals surface area contributed by atoms with E-state index >= 15 is 0 Å². The molecule has 0 fully saturated rings. The summed E-state index contributed by atoms with van der Waals surface area (Å²) < 4.78 is 27.1. The average Bonchev–Trinajstić information content (AvgIpc) is 2.74. The van der Waals surface area contributed by atoms with Crippen LogP contribution in [0.4, 0.5) is 11.5 Å². The van der Waals surface area contributed by atoms with Gasteiger partial charge in [-0.2, -0.15) is 0 Å². The summed E-state index contributed by atoms with van der Waals surface area (Å²) in [6.07, 6.45) is 0. The van der Waals surface area contributed by atoms with Crippen molar-refractivity contribution in [2.24, 2.45) is 5.14 Å². The number of benzene rings is 1. The summed E-state index contributed by atoms with van der Waals surface area (Å²) in [5.41, 5.74) is 0.620. The van der Waals surface area contributed by atoms with Crippen LogP contribution in [0.3, 0.4) is 0 Å². The molecule has 7 nitrogen and oxygen atoms in total. The molecule has 0 radical (unpaired) electrons. The lowest BCUT2D eigenvalue weighted by molar-refractivity contribution is 0.400. The van der Waals surface area contributed by atoms with Crippen molar-refractivity contribution in [3.8, 4) is 0 Å². The molecule has 1 heterocycles. The maximum Gasteiger partial charge on any atom is 0.238 e. The number of aromatic nitrogens is 1. The zero-order chi connectivity index (χ0) is 14.8. The van der Waals surface area contributed by atoms with Crippen LogP contribution < -0.4 is 15.8 Å². The highest BCUT2D eigenvalue weighted by molar-refractivity contribution is 7.89. The summed E-state index contributed by atoms with van der Waals surface area (Å²) >= 11 is 5.09. The molecule has 4 N–H and O–H groups in total. The number of thiocarbonyl (C=S) groups is 1. The van der Waals surface area contributed by atoms with Gasteiger partial charge in [0.15, 0.2) is 10.9 Å². The highest BCUT2D eigenvalue weighted by Gasteiger charge is 2.07. The van der Waals surface area contributed by atoms with Gasteiger partial charge in [0, 0.05) is 11.8 Å². The molecule has 20 heavy (non-hydrogen) atoms. The van der Waals surface area contributed by atoms with Crippen LogP contribution in [0.1, 0.15) is 5.76 Å². The third kappa shape index (κ3) is 3.76. The van der Waals surface area contributed by atoms with Gasteiger partial charge in [-0.25, -0.2) is 13.6 Å². The molecule has 0 aliphatic rings. The largest absolute Gasteiger partial charge is 0.360 e. The van der Waals surface area contributed by atoms with Crippen LogP contribution in [-0.4, -0.2) is 18.7 Å². The molecule has 9 heteroatoms. The summed E-state index contributed by atoms with van der Waals surface area (Å²) in [6.45, 7) is 1.76. The average molecular weight is 312 g/mol. The molecule has 0 atom stereocenters. The van der Waals surface area contributed by atoms with Crippen molar-refractivity contribution in [1.29, 1.82) is 0 Å². The molecule has 2 rings (SSSR count). The van der Waals surface area contributed by atoms with Crippen molar-refractivity contribution >= 4 is 38.9 Å². The smallest absolute Gasteiger partial charge is 0.238 e. The van der Waals surface area contributed by atoms with Crippen LogP contribution in [0, 0.1) is 6.92 Å². The second kappa shape index (κ2) is 5.57. The van der Waals surface area contributed by atoms with E-state index in [-0.39, 0.29) is 4.90 Å². The Morgan fingerprint density at radius 2 is 1.95 bits per heavy atom. The van der Waals surface area contributed by atoms with Crippen molar-refractivity contribution in [2.45, 2.75) is 11.8 Å². The Bertz CT molecular complexity index is 722. The lowest BCUT2D eigenvalue weighted by Gasteiger charge is -2.08. The highest BCUT2D eigenvalue weighted by Crippen LogP contribution is 2.13. The first-order valence-electron chi connectivity index (χ1n) is 5.49. The number of nitrogens with one attached hydrogen (secondary N) is 2. The summed E-state index contributed by atoms with van der Waals surface area (Å²) in [7, 11) is -3.69. The van der Waals surface area contributed by atoms with Crippen LogP contribution >= 0.6 is 12.2 Å². The van der Waals surface area contributed by atoms with Gasteiger partial charge >= 0.3 is 0 Å². The summed E-state index contributed by atoms with van der Waals surface area (Å²) in [5, 5.41) is 14.8. The van der Waals surface area contributed by atoms with Gasteiger partial charge in [0.1, 0.15) is 5.76 Å². The Balaban J connectivity index is 2.01. The molecule has 0 bridgehead atoms. The number of hydrogen-bond donors (Lipinski definition) is 3. The fourth-order valence-corrected chi connectivity index (χ4v) is 2.17. The number of anilines is 2. The zero-order valence-corrected chi connectivity index (χ0v) is 12.1. The lowest BCUT2D eigenvalue weighted by atomic mass is 10.3. The minimum Gasteiger partial charge on any atom is -0.360 e. The van der Waals surface area contributed by atoms with Crippen LogP contribution in [0.2, 0.25) is 0 Å². The quantitative estimate of drug-likeness (QED) is 0.735. The van der Waals surface area contributed by atoms with E-state index in [1.807, 2.05) is 0 Å². The summed E-state index contributed by atoms with van der Waals surface area (Å²) in [4.78, 5) is 0.0362. The van der Waals surface area contributed by atoms with E-state index in [2.05, 4.69) is 15.8 Å². The Kier molecular flexibility index (Phi) is 4.02. The van der Waals surface area contributed by atoms with E-state index in [1.54, 1.807) is 25.1 Å². The monoisotopic (exact) mass is 312 g/mol. The SMILES string of the molecule is Cc1cc(NC(=S)Nc2ccc(S(N)(=O)=O)cc2)no1. The van der Waals surface area contributed by atoms with Gasteiger partial charge in [-0.05, 0) is 43.4 Å². The van der Waals surface area contributed by atoms with Crippen molar-refractivity contribution in [3.63, 3.8) is 0 Å². The lowest BCUT2D eigenvalue weighted by Crippen LogP contribution is -2.19.